The number of aliphatic hydroxyl groups excluding tert-OH is 1. The minimum Gasteiger partial charge on any atom is -0.396 e. The molecule has 0 aliphatic carbocycles. The highest BCUT2D eigenvalue weighted by atomic mass is 16.2. The molecule has 74 valence electrons. The largest absolute Gasteiger partial charge is 0.396 e. The summed E-state index contributed by atoms with van der Waals surface area (Å²) in [6.07, 6.45) is 3.25. The first kappa shape index (κ1) is 10.5. The summed E-state index contributed by atoms with van der Waals surface area (Å²) in [5, 5.41) is 20.4. The molecule has 14 heavy (non-hydrogen) atoms. The average Bonchev–Trinajstić information content (AvgIpc) is 2.25. The number of unbranched alkanes of at least 4 members (excludes halogenated alkanes) is 1. The summed E-state index contributed by atoms with van der Waals surface area (Å²) in [7, 11) is 0. The van der Waals surface area contributed by atoms with E-state index >= 15 is 0 Å². The smallest absolute Gasteiger partial charge is 0.163 e. The maximum absolute atomic E-state index is 8.73. The first-order chi connectivity index (χ1) is 6.88. The molecular formula is C10H13N3O. The van der Waals surface area contributed by atoms with Gasteiger partial charge in [0.05, 0.1) is 5.69 Å². The SMILES string of the molecule is N#Cc1ncccc1NCCCCO. The Kier molecular flexibility index (Phi) is 4.45. The van der Waals surface area contributed by atoms with Gasteiger partial charge in [-0.3, -0.25) is 0 Å². The quantitative estimate of drug-likeness (QED) is 0.685. The van der Waals surface area contributed by atoms with Crippen LogP contribution in [-0.2, 0) is 0 Å². The predicted molar refractivity (Wildman–Crippen MR) is 53.8 cm³/mol. The lowest BCUT2D eigenvalue weighted by Gasteiger charge is -2.05. The number of rotatable bonds is 5. The monoisotopic (exact) mass is 191 g/mol. The Hall–Kier alpha value is -1.60. The van der Waals surface area contributed by atoms with Crippen LogP contribution in [0.4, 0.5) is 5.69 Å². The Balaban J connectivity index is 2.46. The van der Waals surface area contributed by atoms with Crippen molar-refractivity contribution in [2.45, 2.75) is 12.8 Å². The highest BCUT2D eigenvalue weighted by Crippen LogP contribution is 2.10. The van der Waals surface area contributed by atoms with E-state index in [1.807, 2.05) is 12.1 Å². The van der Waals surface area contributed by atoms with Gasteiger partial charge in [0.25, 0.3) is 0 Å². The minimum atomic E-state index is 0.208. The number of hydrogen-bond donors (Lipinski definition) is 2. The van der Waals surface area contributed by atoms with Crippen molar-refractivity contribution >= 4 is 5.69 Å². The molecule has 2 N–H and O–H groups in total. The summed E-state index contributed by atoms with van der Waals surface area (Å²) in [5.74, 6) is 0. The summed E-state index contributed by atoms with van der Waals surface area (Å²) < 4.78 is 0. The van der Waals surface area contributed by atoms with E-state index in [-0.39, 0.29) is 6.61 Å². The molecule has 4 heteroatoms. The van der Waals surface area contributed by atoms with Crippen molar-refractivity contribution in [3.63, 3.8) is 0 Å². The second kappa shape index (κ2) is 5.95. The van der Waals surface area contributed by atoms with Crippen LogP contribution in [0, 0.1) is 11.3 Å². The normalized spacial score (nSPS) is 9.43. The van der Waals surface area contributed by atoms with E-state index in [0.29, 0.717) is 5.69 Å². The van der Waals surface area contributed by atoms with Crippen LogP contribution in [0.5, 0.6) is 0 Å². The van der Waals surface area contributed by atoms with Crippen molar-refractivity contribution in [1.82, 2.24) is 4.98 Å². The van der Waals surface area contributed by atoms with Crippen molar-refractivity contribution in [3.05, 3.63) is 24.0 Å². The van der Waals surface area contributed by atoms with Crippen molar-refractivity contribution in [3.8, 4) is 6.07 Å². The van der Waals surface area contributed by atoms with Crippen LogP contribution in [0.1, 0.15) is 18.5 Å². The molecule has 0 aliphatic heterocycles. The van der Waals surface area contributed by atoms with Crippen LogP contribution in [0.25, 0.3) is 0 Å². The molecule has 4 nitrogen and oxygen atoms in total. The van der Waals surface area contributed by atoms with E-state index in [9.17, 15) is 0 Å². The Morgan fingerprint density at radius 1 is 1.50 bits per heavy atom. The molecule has 0 amide bonds. The molecule has 1 heterocycles. The number of aromatic nitrogens is 1. The van der Waals surface area contributed by atoms with Crippen LogP contribution in [-0.4, -0.2) is 23.2 Å². The molecule has 0 radical (unpaired) electrons. The molecule has 1 aromatic rings. The Morgan fingerprint density at radius 2 is 2.36 bits per heavy atom. The van der Waals surface area contributed by atoms with Gasteiger partial charge in [-0.05, 0) is 25.0 Å². The molecule has 1 aromatic heterocycles. The molecule has 1 rings (SSSR count). The third-order valence-corrected chi connectivity index (χ3v) is 1.81. The van der Waals surface area contributed by atoms with E-state index in [1.54, 1.807) is 12.3 Å². The number of aliphatic hydroxyl groups is 1. The third kappa shape index (κ3) is 3.04. The van der Waals surface area contributed by atoms with Crippen LogP contribution in [0.15, 0.2) is 18.3 Å². The zero-order valence-corrected chi connectivity index (χ0v) is 7.90. The summed E-state index contributed by atoms with van der Waals surface area (Å²) in [5.41, 5.74) is 1.17. The first-order valence-corrected chi connectivity index (χ1v) is 4.58. The molecule has 0 bridgehead atoms. The molecular weight excluding hydrogens is 178 g/mol. The van der Waals surface area contributed by atoms with Crippen molar-refractivity contribution in [2.24, 2.45) is 0 Å². The van der Waals surface area contributed by atoms with E-state index < -0.39 is 0 Å². The lowest BCUT2D eigenvalue weighted by molar-refractivity contribution is 0.286. The molecule has 0 aliphatic rings. The van der Waals surface area contributed by atoms with Gasteiger partial charge in [0.1, 0.15) is 6.07 Å². The van der Waals surface area contributed by atoms with Gasteiger partial charge in [-0.1, -0.05) is 0 Å². The number of nitrogens with zero attached hydrogens (tertiary/aromatic N) is 2. The zero-order chi connectivity index (χ0) is 10.2. The average molecular weight is 191 g/mol. The minimum absolute atomic E-state index is 0.208. The molecule has 0 spiro atoms. The third-order valence-electron chi connectivity index (χ3n) is 1.81. The highest BCUT2D eigenvalue weighted by molar-refractivity contribution is 5.53. The molecule has 0 fully saturated rings. The summed E-state index contributed by atoms with van der Waals surface area (Å²) in [6, 6.07) is 5.62. The number of anilines is 1. The topological polar surface area (TPSA) is 68.9 Å². The standard InChI is InChI=1S/C10H13N3O/c11-8-10-9(4-3-6-13-10)12-5-1-2-7-14/h3-4,6,12,14H,1-2,5,7H2. The van der Waals surface area contributed by atoms with Gasteiger partial charge in [0.2, 0.25) is 0 Å². The number of pyridine rings is 1. The first-order valence-electron chi connectivity index (χ1n) is 4.58. The lowest BCUT2D eigenvalue weighted by atomic mass is 10.3. The predicted octanol–water partition coefficient (Wildman–Crippen LogP) is 1.14. The van der Waals surface area contributed by atoms with E-state index in [1.165, 1.54) is 0 Å². The Labute approximate surface area is 83.2 Å². The van der Waals surface area contributed by atoms with Gasteiger partial charge < -0.3 is 10.4 Å². The van der Waals surface area contributed by atoms with E-state index in [4.69, 9.17) is 10.4 Å². The summed E-state index contributed by atoms with van der Waals surface area (Å²) in [4.78, 5) is 3.92. The molecule has 0 aromatic carbocycles. The second-order valence-corrected chi connectivity index (χ2v) is 2.87. The lowest BCUT2D eigenvalue weighted by Crippen LogP contribution is -2.04. The molecule has 0 atom stereocenters. The van der Waals surface area contributed by atoms with Crippen molar-refractivity contribution < 1.29 is 5.11 Å². The highest BCUT2D eigenvalue weighted by Gasteiger charge is 1.99. The fourth-order valence-electron chi connectivity index (χ4n) is 1.10. The fraction of sp³-hybridized carbons (Fsp3) is 0.400. The van der Waals surface area contributed by atoms with Crippen LogP contribution >= 0.6 is 0 Å². The maximum atomic E-state index is 8.73. The van der Waals surface area contributed by atoms with Crippen molar-refractivity contribution in [1.29, 1.82) is 5.26 Å². The van der Waals surface area contributed by atoms with Gasteiger partial charge in [-0.25, -0.2) is 4.98 Å². The van der Waals surface area contributed by atoms with E-state index in [0.717, 1.165) is 25.1 Å². The van der Waals surface area contributed by atoms with Crippen LogP contribution in [0.2, 0.25) is 0 Å². The van der Waals surface area contributed by atoms with Crippen LogP contribution < -0.4 is 5.32 Å². The second-order valence-electron chi connectivity index (χ2n) is 2.87. The number of hydrogen-bond acceptors (Lipinski definition) is 4. The van der Waals surface area contributed by atoms with Crippen molar-refractivity contribution in [2.75, 3.05) is 18.5 Å². The van der Waals surface area contributed by atoms with Crippen LogP contribution in [0.3, 0.4) is 0 Å². The van der Waals surface area contributed by atoms with Gasteiger partial charge >= 0.3 is 0 Å². The molecule has 0 saturated carbocycles. The Morgan fingerprint density at radius 3 is 3.07 bits per heavy atom. The molecule has 0 saturated heterocycles. The van der Waals surface area contributed by atoms with Gasteiger partial charge in [0, 0.05) is 19.3 Å². The van der Waals surface area contributed by atoms with Gasteiger partial charge in [0.15, 0.2) is 5.69 Å². The zero-order valence-electron chi connectivity index (χ0n) is 7.90. The Bertz CT molecular complexity index is 319. The van der Waals surface area contributed by atoms with Gasteiger partial charge in [-0.2, -0.15) is 5.26 Å². The summed E-state index contributed by atoms with van der Waals surface area (Å²) >= 11 is 0. The fourth-order valence-corrected chi connectivity index (χ4v) is 1.10. The van der Waals surface area contributed by atoms with E-state index in [2.05, 4.69) is 10.3 Å². The molecule has 0 unspecified atom stereocenters. The number of nitriles is 1. The maximum Gasteiger partial charge on any atom is 0.163 e. The van der Waals surface area contributed by atoms with Gasteiger partial charge in [-0.15, -0.1) is 0 Å². The number of nitrogens with one attached hydrogen (secondary N) is 1. The summed E-state index contributed by atoms with van der Waals surface area (Å²) in [6.45, 7) is 0.959.